The molecule has 1 unspecified atom stereocenters. The van der Waals surface area contributed by atoms with Gasteiger partial charge in [0.1, 0.15) is 0 Å². The fraction of sp³-hybridized carbons (Fsp3) is 0.312. The maximum absolute atomic E-state index is 9.10. The summed E-state index contributed by atoms with van der Waals surface area (Å²) >= 11 is 0. The molecular formula is C16H23N5. The van der Waals surface area contributed by atoms with E-state index in [1.807, 2.05) is 24.3 Å². The second-order valence-corrected chi connectivity index (χ2v) is 4.36. The maximum atomic E-state index is 9.10. The minimum Gasteiger partial charge on any atom is -0.399 e. The van der Waals surface area contributed by atoms with E-state index in [9.17, 15) is 0 Å². The Bertz CT molecular complexity index is 470. The van der Waals surface area contributed by atoms with Crippen molar-refractivity contribution in [2.75, 3.05) is 12.3 Å². The number of nitrogens with one attached hydrogen (secondary N) is 3. The zero-order valence-corrected chi connectivity index (χ0v) is 12.2. The number of para-hydroxylation sites is 1. The molecule has 0 spiro atoms. The molecule has 0 aliphatic rings. The van der Waals surface area contributed by atoms with Crippen LogP contribution in [0.4, 0.5) is 5.69 Å². The number of benzene rings is 1. The fourth-order valence-corrected chi connectivity index (χ4v) is 1.75. The average molecular weight is 285 g/mol. The highest BCUT2D eigenvalue weighted by molar-refractivity contribution is 6.12. The molecule has 0 radical (unpaired) electrons. The molecule has 0 saturated carbocycles. The van der Waals surface area contributed by atoms with E-state index < -0.39 is 0 Å². The monoisotopic (exact) mass is 285 g/mol. The van der Waals surface area contributed by atoms with Crippen LogP contribution in [0, 0.1) is 28.1 Å². The highest BCUT2D eigenvalue weighted by Gasteiger charge is 2.09. The lowest BCUT2D eigenvalue weighted by molar-refractivity contribution is 0.561. The smallest absolute Gasteiger partial charge is 0.0659 e. The second-order valence-electron chi connectivity index (χ2n) is 4.36. The van der Waals surface area contributed by atoms with Gasteiger partial charge in [0.2, 0.25) is 0 Å². The van der Waals surface area contributed by atoms with Gasteiger partial charge in [-0.15, -0.1) is 0 Å². The number of nitriles is 1. The molecule has 21 heavy (non-hydrogen) atoms. The van der Waals surface area contributed by atoms with Crippen molar-refractivity contribution in [2.24, 2.45) is 5.92 Å². The van der Waals surface area contributed by atoms with Gasteiger partial charge in [0.25, 0.3) is 0 Å². The number of anilines is 1. The van der Waals surface area contributed by atoms with Gasteiger partial charge in [-0.3, -0.25) is 0 Å². The van der Waals surface area contributed by atoms with Gasteiger partial charge >= 0.3 is 0 Å². The van der Waals surface area contributed by atoms with Crippen LogP contribution in [-0.4, -0.2) is 19.0 Å². The first kappa shape index (κ1) is 18.4. The standard InChI is InChI=1S/C14H19N3.C2H4N2/c1-2-17-9-5-6-12(11-15)10-13-7-3-4-8-14(13)16;3-1-2-4/h2-4,7-8,12,17H,1,5-6,9-10,16H2;1-4H. The predicted molar refractivity (Wildman–Crippen MR) is 88.7 cm³/mol. The third-order valence-corrected chi connectivity index (χ3v) is 2.81. The van der Waals surface area contributed by atoms with E-state index >= 15 is 0 Å². The Kier molecular flexibility index (Phi) is 10.9. The van der Waals surface area contributed by atoms with Gasteiger partial charge < -0.3 is 21.9 Å². The number of hydrogen-bond acceptors (Lipinski definition) is 5. The van der Waals surface area contributed by atoms with Gasteiger partial charge in [0.05, 0.1) is 12.0 Å². The second kappa shape index (κ2) is 12.4. The fourth-order valence-electron chi connectivity index (χ4n) is 1.75. The molecule has 112 valence electrons. The summed E-state index contributed by atoms with van der Waals surface area (Å²) in [5.74, 6) is 0.0336. The molecule has 1 rings (SSSR count). The molecule has 1 aromatic rings. The molecule has 5 nitrogen and oxygen atoms in total. The van der Waals surface area contributed by atoms with Crippen LogP contribution in [0.3, 0.4) is 0 Å². The minimum atomic E-state index is 0.0336. The number of nitrogens with two attached hydrogens (primary N) is 1. The van der Waals surface area contributed by atoms with Gasteiger partial charge in [-0.05, 0) is 37.1 Å². The Hall–Kier alpha value is -2.61. The van der Waals surface area contributed by atoms with Crippen LogP contribution in [-0.2, 0) is 6.42 Å². The molecule has 0 aliphatic carbocycles. The van der Waals surface area contributed by atoms with Crippen LogP contribution >= 0.6 is 0 Å². The Morgan fingerprint density at radius 2 is 2.00 bits per heavy atom. The maximum Gasteiger partial charge on any atom is 0.0659 e. The highest BCUT2D eigenvalue weighted by atomic mass is 14.8. The first-order chi connectivity index (χ1) is 10.2. The highest BCUT2D eigenvalue weighted by Crippen LogP contribution is 2.18. The zero-order valence-electron chi connectivity index (χ0n) is 12.2. The summed E-state index contributed by atoms with van der Waals surface area (Å²) in [6.45, 7) is 4.45. The molecule has 0 heterocycles. The van der Waals surface area contributed by atoms with Crippen molar-refractivity contribution < 1.29 is 0 Å². The number of nitrogens with zero attached hydrogens (tertiary/aromatic N) is 1. The van der Waals surface area contributed by atoms with Crippen molar-refractivity contribution in [2.45, 2.75) is 19.3 Å². The third-order valence-electron chi connectivity index (χ3n) is 2.81. The van der Waals surface area contributed by atoms with Crippen molar-refractivity contribution in [1.29, 1.82) is 16.1 Å². The first-order valence-corrected chi connectivity index (χ1v) is 6.76. The van der Waals surface area contributed by atoms with E-state index in [2.05, 4.69) is 18.0 Å². The molecule has 1 atom stereocenters. The van der Waals surface area contributed by atoms with Crippen molar-refractivity contribution in [1.82, 2.24) is 5.32 Å². The van der Waals surface area contributed by atoms with Crippen LogP contribution < -0.4 is 11.1 Å². The van der Waals surface area contributed by atoms with E-state index in [1.165, 1.54) is 0 Å². The normalized spacial score (nSPS) is 10.2. The summed E-state index contributed by atoms with van der Waals surface area (Å²) in [6.07, 6.45) is 6.09. The van der Waals surface area contributed by atoms with Crippen LogP contribution in [0.2, 0.25) is 0 Å². The summed E-state index contributed by atoms with van der Waals surface area (Å²) in [4.78, 5) is 0. The van der Waals surface area contributed by atoms with Crippen LogP contribution in [0.1, 0.15) is 18.4 Å². The Morgan fingerprint density at radius 1 is 1.33 bits per heavy atom. The largest absolute Gasteiger partial charge is 0.399 e. The molecule has 0 aromatic heterocycles. The number of rotatable bonds is 8. The van der Waals surface area contributed by atoms with Crippen LogP contribution in [0.5, 0.6) is 0 Å². The molecular weight excluding hydrogens is 262 g/mol. The van der Waals surface area contributed by atoms with Gasteiger partial charge in [-0.25, -0.2) is 0 Å². The van der Waals surface area contributed by atoms with Crippen molar-refractivity contribution in [3.63, 3.8) is 0 Å². The third kappa shape index (κ3) is 9.00. The van der Waals surface area contributed by atoms with Crippen LogP contribution in [0.25, 0.3) is 0 Å². The number of hydrogen-bond donors (Lipinski definition) is 4. The quantitative estimate of drug-likeness (QED) is 0.335. The Morgan fingerprint density at radius 3 is 2.52 bits per heavy atom. The summed E-state index contributed by atoms with van der Waals surface area (Å²) < 4.78 is 0. The molecule has 0 amide bonds. The van der Waals surface area contributed by atoms with Crippen LogP contribution in [0.15, 0.2) is 37.0 Å². The lowest BCUT2D eigenvalue weighted by Crippen LogP contribution is -2.10. The number of nitrogen functional groups attached to an aromatic ring is 1. The summed E-state index contributed by atoms with van der Waals surface area (Å²) in [6, 6.07) is 10.1. The van der Waals surface area contributed by atoms with E-state index in [4.69, 9.17) is 21.8 Å². The van der Waals surface area contributed by atoms with Crippen molar-refractivity contribution in [3.05, 3.63) is 42.6 Å². The minimum absolute atomic E-state index is 0.0336. The molecule has 0 saturated heterocycles. The van der Waals surface area contributed by atoms with Gasteiger partial charge in [0.15, 0.2) is 0 Å². The Balaban J connectivity index is 0.000000885. The molecule has 0 fully saturated rings. The van der Waals surface area contributed by atoms with E-state index in [0.29, 0.717) is 0 Å². The Labute approximate surface area is 126 Å². The average Bonchev–Trinajstić information content (AvgIpc) is 2.52. The van der Waals surface area contributed by atoms with Gasteiger partial charge in [-0.2, -0.15) is 5.26 Å². The molecule has 1 aromatic carbocycles. The molecule has 0 bridgehead atoms. The van der Waals surface area contributed by atoms with Gasteiger partial charge in [0, 0.05) is 24.7 Å². The summed E-state index contributed by atoms with van der Waals surface area (Å²) in [5, 5.41) is 24.3. The lowest BCUT2D eigenvalue weighted by atomic mass is 9.95. The van der Waals surface area contributed by atoms with E-state index in [-0.39, 0.29) is 5.92 Å². The first-order valence-electron chi connectivity index (χ1n) is 6.76. The SMILES string of the molecule is C=CNCCCC(C#N)Cc1ccccc1N.N=CC=N. The topological polar surface area (TPSA) is 110 Å². The van der Waals surface area contributed by atoms with Crippen molar-refractivity contribution >= 4 is 18.1 Å². The zero-order chi connectivity index (χ0) is 15.9. The predicted octanol–water partition coefficient (Wildman–Crippen LogP) is 2.75. The summed E-state index contributed by atoms with van der Waals surface area (Å²) in [7, 11) is 0. The van der Waals surface area contributed by atoms with Gasteiger partial charge in [-0.1, -0.05) is 24.8 Å². The van der Waals surface area contributed by atoms with Crippen molar-refractivity contribution in [3.8, 4) is 6.07 Å². The molecule has 5 N–H and O–H groups in total. The molecule has 0 aliphatic heterocycles. The van der Waals surface area contributed by atoms with E-state index in [1.54, 1.807) is 6.20 Å². The molecule has 5 heteroatoms. The summed E-state index contributed by atoms with van der Waals surface area (Å²) in [5.41, 5.74) is 7.71. The lowest BCUT2D eigenvalue weighted by Gasteiger charge is -2.10. The van der Waals surface area contributed by atoms with E-state index in [0.717, 1.165) is 49.5 Å².